The van der Waals surface area contributed by atoms with Crippen LogP contribution in [0.1, 0.15) is 31.4 Å². The van der Waals surface area contributed by atoms with Crippen LogP contribution in [0, 0.1) is 0 Å². The Morgan fingerprint density at radius 1 is 1.53 bits per heavy atom. The summed E-state index contributed by atoms with van der Waals surface area (Å²) < 4.78 is 4.98. The molecule has 0 amide bonds. The lowest BCUT2D eigenvalue weighted by molar-refractivity contribution is -0.145. The van der Waals surface area contributed by atoms with Crippen molar-refractivity contribution in [1.82, 2.24) is 5.32 Å². The molecule has 1 saturated heterocycles. The molecule has 0 saturated carbocycles. The summed E-state index contributed by atoms with van der Waals surface area (Å²) in [6, 6.07) is 7.03. The Balaban J connectivity index is 2.00. The van der Waals surface area contributed by atoms with Crippen molar-refractivity contribution in [3.63, 3.8) is 0 Å². The molecule has 0 unspecified atom stereocenters. The molecule has 0 aliphatic carbocycles. The monoisotopic (exact) mass is 235 g/mol. The molecule has 1 aliphatic heterocycles. The van der Waals surface area contributed by atoms with Crippen molar-refractivity contribution in [3.05, 3.63) is 29.8 Å². The van der Waals surface area contributed by atoms with Crippen LogP contribution in [0.4, 0.5) is 0 Å². The molecule has 92 valence electrons. The van der Waals surface area contributed by atoms with Gasteiger partial charge in [0.25, 0.3) is 0 Å². The van der Waals surface area contributed by atoms with Crippen molar-refractivity contribution in [2.75, 3.05) is 6.61 Å². The molecular formula is C13H17NO3. The molecule has 2 rings (SSSR count). The standard InChI is InChI=1S/C13H17NO3/c1-2-17-13(16)12-7-6-11(14-12)9-4-3-5-10(15)8-9/h3-5,8,11-12,14-15H,2,6-7H2,1H3/t11-,12+/m1/s1. The highest BCUT2D eigenvalue weighted by molar-refractivity contribution is 5.76. The summed E-state index contributed by atoms with van der Waals surface area (Å²) in [5.41, 5.74) is 1.01. The third-order valence-corrected chi connectivity index (χ3v) is 2.99. The molecule has 0 bridgehead atoms. The van der Waals surface area contributed by atoms with Crippen LogP contribution in [0.25, 0.3) is 0 Å². The zero-order chi connectivity index (χ0) is 12.3. The molecule has 0 aromatic heterocycles. The number of benzene rings is 1. The van der Waals surface area contributed by atoms with Gasteiger partial charge in [0.1, 0.15) is 11.8 Å². The van der Waals surface area contributed by atoms with Crippen molar-refractivity contribution >= 4 is 5.97 Å². The van der Waals surface area contributed by atoms with Gasteiger partial charge >= 0.3 is 5.97 Å². The van der Waals surface area contributed by atoms with Crippen molar-refractivity contribution in [2.24, 2.45) is 0 Å². The minimum atomic E-state index is -0.220. The molecule has 1 aromatic carbocycles. The predicted octanol–water partition coefficient (Wildman–Crippen LogP) is 1.75. The fourth-order valence-corrected chi connectivity index (χ4v) is 2.18. The van der Waals surface area contributed by atoms with Crippen LogP contribution in [0.2, 0.25) is 0 Å². The van der Waals surface area contributed by atoms with E-state index in [9.17, 15) is 9.90 Å². The number of phenols is 1. The molecule has 1 heterocycles. The van der Waals surface area contributed by atoms with E-state index in [0.717, 1.165) is 18.4 Å². The van der Waals surface area contributed by atoms with Gasteiger partial charge in [0, 0.05) is 6.04 Å². The third-order valence-electron chi connectivity index (χ3n) is 2.99. The first-order valence-electron chi connectivity index (χ1n) is 5.92. The SMILES string of the molecule is CCOC(=O)[C@@H]1CC[C@H](c2cccc(O)c2)N1. The third kappa shape index (κ3) is 2.77. The Morgan fingerprint density at radius 3 is 3.06 bits per heavy atom. The van der Waals surface area contributed by atoms with Crippen LogP contribution in [0.3, 0.4) is 0 Å². The number of carbonyl (C=O) groups is 1. The first-order chi connectivity index (χ1) is 8.20. The minimum absolute atomic E-state index is 0.122. The lowest BCUT2D eigenvalue weighted by atomic mass is 10.1. The van der Waals surface area contributed by atoms with Crippen LogP contribution in [0.5, 0.6) is 5.75 Å². The van der Waals surface area contributed by atoms with Gasteiger partial charge in [0.15, 0.2) is 0 Å². The highest BCUT2D eigenvalue weighted by Crippen LogP contribution is 2.28. The summed E-state index contributed by atoms with van der Waals surface area (Å²) in [6.07, 6.45) is 1.66. The summed E-state index contributed by atoms with van der Waals surface area (Å²) in [4.78, 5) is 11.6. The summed E-state index contributed by atoms with van der Waals surface area (Å²) in [7, 11) is 0. The zero-order valence-corrected chi connectivity index (χ0v) is 9.85. The van der Waals surface area contributed by atoms with Crippen LogP contribution < -0.4 is 5.32 Å². The van der Waals surface area contributed by atoms with Crippen molar-refractivity contribution in [3.8, 4) is 5.75 Å². The maximum Gasteiger partial charge on any atom is 0.323 e. The van der Waals surface area contributed by atoms with Gasteiger partial charge in [-0.2, -0.15) is 0 Å². The number of esters is 1. The molecule has 17 heavy (non-hydrogen) atoms. The second kappa shape index (κ2) is 5.19. The molecule has 0 spiro atoms. The number of carbonyl (C=O) groups excluding carboxylic acids is 1. The van der Waals surface area contributed by atoms with Crippen LogP contribution in [-0.2, 0) is 9.53 Å². The number of phenolic OH excluding ortho intramolecular Hbond substituents is 1. The predicted molar refractivity (Wildman–Crippen MR) is 63.6 cm³/mol. The number of hydrogen-bond donors (Lipinski definition) is 2. The summed E-state index contributed by atoms with van der Waals surface area (Å²) in [5, 5.41) is 12.6. The summed E-state index contributed by atoms with van der Waals surface area (Å²) in [6.45, 7) is 2.22. The number of nitrogens with one attached hydrogen (secondary N) is 1. The molecule has 1 fully saturated rings. The second-order valence-electron chi connectivity index (χ2n) is 4.20. The van der Waals surface area contributed by atoms with Crippen LogP contribution >= 0.6 is 0 Å². The Kier molecular flexibility index (Phi) is 3.64. The number of aromatic hydroxyl groups is 1. The van der Waals surface area contributed by atoms with E-state index >= 15 is 0 Å². The first-order valence-corrected chi connectivity index (χ1v) is 5.92. The molecule has 2 atom stereocenters. The smallest absolute Gasteiger partial charge is 0.323 e. The Morgan fingerprint density at radius 2 is 2.35 bits per heavy atom. The average molecular weight is 235 g/mol. The van der Waals surface area contributed by atoms with Gasteiger partial charge in [0.05, 0.1) is 6.61 Å². The normalized spacial score (nSPS) is 23.6. The van der Waals surface area contributed by atoms with Gasteiger partial charge in [-0.1, -0.05) is 12.1 Å². The molecule has 2 N–H and O–H groups in total. The van der Waals surface area contributed by atoms with E-state index in [0.29, 0.717) is 6.61 Å². The topological polar surface area (TPSA) is 58.6 Å². The fraction of sp³-hybridized carbons (Fsp3) is 0.462. The quantitative estimate of drug-likeness (QED) is 0.784. The van der Waals surface area contributed by atoms with E-state index < -0.39 is 0 Å². The first kappa shape index (κ1) is 11.9. The van der Waals surface area contributed by atoms with Gasteiger partial charge in [0.2, 0.25) is 0 Å². The van der Waals surface area contributed by atoms with Gasteiger partial charge < -0.3 is 9.84 Å². The lowest BCUT2D eigenvalue weighted by Gasteiger charge is -2.13. The van der Waals surface area contributed by atoms with Gasteiger partial charge in [-0.05, 0) is 37.5 Å². The van der Waals surface area contributed by atoms with Gasteiger partial charge in [-0.15, -0.1) is 0 Å². The molecule has 0 radical (unpaired) electrons. The number of rotatable bonds is 3. The Bertz CT molecular complexity index is 405. The Hall–Kier alpha value is -1.55. The van der Waals surface area contributed by atoms with Crippen molar-refractivity contribution in [1.29, 1.82) is 0 Å². The van der Waals surface area contributed by atoms with E-state index in [1.807, 2.05) is 12.1 Å². The van der Waals surface area contributed by atoms with Gasteiger partial charge in [-0.25, -0.2) is 0 Å². The molecule has 1 aromatic rings. The highest BCUT2D eigenvalue weighted by atomic mass is 16.5. The van der Waals surface area contributed by atoms with E-state index in [1.165, 1.54) is 0 Å². The van der Waals surface area contributed by atoms with E-state index in [1.54, 1.807) is 19.1 Å². The van der Waals surface area contributed by atoms with Crippen LogP contribution in [0.15, 0.2) is 24.3 Å². The molecule has 4 nitrogen and oxygen atoms in total. The minimum Gasteiger partial charge on any atom is -0.508 e. The fourth-order valence-electron chi connectivity index (χ4n) is 2.18. The van der Waals surface area contributed by atoms with E-state index in [2.05, 4.69) is 5.32 Å². The maximum atomic E-state index is 11.6. The van der Waals surface area contributed by atoms with E-state index in [-0.39, 0.29) is 23.8 Å². The Labute approximate surface area is 101 Å². The summed E-state index contributed by atoms with van der Waals surface area (Å²) >= 11 is 0. The second-order valence-corrected chi connectivity index (χ2v) is 4.20. The molecule has 4 heteroatoms. The largest absolute Gasteiger partial charge is 0.508 e. The highest BCUT2D eigenvalue weighted by Gasteiger charge is 2.30. The lowest BCUT2D eigenvalue weighted by Crippen LogP contribution is -2.33. The van der Waals surface area contributed by atoms with E-state index in [4.69, 9.17) is 4.74 Å². The molecular weight excluding hydrogens is 218 g/mol. The van der Waals surface area contributed by atoms with Crippen molar-refractivity contribution in [2.45, 2.75) is 31.8 Å². The van der Waals surface area contributed by atoms with Crippen molar-refractivity contribution < 1.29 is 14.6 Å². The van der Waals surface area contributed by atoms with Crippen LogP contribution in [-0.4, -0.2) is 23.7 Å². The summed E-state index contributed by atoms with van der Waals surface area (Å²) in [5.74, 6) is 0.0686. The average Bonchev–Trinajstić information content (AvgIpc) is 2.78. The number of hydrogen-bond acceptors (Lipinski definition) is 4. The zero-order valence-electron chi connectivity index (χ0n) is 9.85. The maximum absolute atomic E-state index is 11.6. The molecule has 1 aliphatic rings. The van der Waals surface area contributed by atoms with Gasteiger partial charge in [-0.3, -0.25) is 10.1 Å². The number of ether oxygens (including phenoxy) is 1.